The monoisotopic (exact) mass is 393 g/mol. The minimum atomic E-state index is -0.193. The summed E-state index contributed by atoms with van der Waals surface area (Å²) in [5.74, 6) is 2.41. The Kier molecular flexibility index (Phi) is 5.21. The summed E-state index contributed by atoms with van der Waals surface area (Å²) in [4.78, 5) is 30.5. The van der Waals surface area contributed by atoms with E-state index in [0.717, 1.165) is 36.5 Å². The molecule has 1 aromatic carbocycles. The third kappa shape index (κ3) is 3.82. The number of carbonyl (C=O) groups is 2. The summed E-state index contributed by atoms with van der Waals surface area (Å²) in [6, 6.07) is 9.63. The molecule has 6 heteroatoms. The molecule has 0 unspecified atom stereocenters. The SMILES string of the molecule is C#Cc1ccc(C(=O)N[C@@H]2CC(=O)N(c3ccc4c(c3)CCN(C)CC4)C2)s1. The van der Waals surface area contributed by atoms with Crippen molar-refractivity contribution < 1.29 is 9.59 Å². The lowest BCUT2D eigenvalue weighted by atomic mass is 10.0. The number of carbonyl (C=O) groups excluding carboxylic acids is 2. The van der Waals surface area contributed by atoms with Crippen molar-refractivity contribution in [1.82, 2.24) is 10.2 Å². The lowest BCUT2D eigenvalue weighted by Crippen LogP contribution is -2.36. The van der Waals surface area contributed by atoms with Crippen LogP contribution in [0.3, 0.4) is 0 Å². The van der Waals surface area contributed by atoms with Gasteiger partial charge >= 0.3 is 0 Å². The molecular weight excluding hydrogens is 370 g/mol. The fourth-order valence-electron chi connectivity index (χ4n) is 3.84. The van der Waals surface area contributed by atoms with Crippen LogP contribution in [0.1, 0.15) is 32.1 Å². The van der Waals surface area contributed by atoms with Gasteiger partial charge < -0.3 is 15.1 Å². The number of likely N-dealkylation sites (N-methyl/N-ethyl adjacent to an activating group) is 1. The molecular formula is C22H23N3O2S. The van der Waals surface area contributed by atoms with Crippen LogP contribution in [0.5, 0.6) is 0 Å². The van der Waals surface area contributed by atoms with E-state index in [2.05, 4.69) is 35.3 Å². The van der Waals surface area contributed by atoms with Gasteiger partial charge in [-0.05, 0) is 55.3 Å². The molecule has 144 valence electrons. The zero-order valence-electron chi connectivity index (χ0n) is 15.9. The first-order chi connectivity index (χ1) is 13.5. The van der Waals surface area contributed by atoms with E-state index in [4.69, 9.17) is 6.42 Å². The third-order valence-electron chi connectivity index (χ3n) is 5.46. The van der Waals surface area contributed by atoms with Gasteiger partial charge in [0.05, 0.1) is 15.8 Å². The van der Waals surface area contributed by atoms with Crippen molar-refractivity contribution in [1.29, 1.82) is 0 Å². The molecule has 2 amide bonds. The van der Waals surface area contributed by atoms with Gasteiger partial charge in [0.25, 0.3) is 5.91 Å². The molecule has 1 atom stereocenters. The highest BCUT2D eigenvalue weighted by Crippen LogP contribution is 2.27. The normalized spacial score (nSPS) is 19.8. The Balaban J connectivity index is 1.45. The molecule has 28 heavy (non-hydrogen) atoms. The number of terminal acetylenes is 1. The van der Waals surface area contributed by atoms with Crippen LogP contribution >= 0.6 is 11.3 Å². The molecule has 0 saturated carbocycles. The number of nitrogens with zero attached hydrogens (tertiary/aromatic N) is 2. The minimum absolute atomic E-state index is 0.0477. The van der Waals surface area contributed by atoms with Gasteiger partial charge in [-0.2, -0.15) is 0 Å². The first-order valence-electron chi connectivity index (χ1n) is 9.51. The van der Waals surface area contributed by atoms with Gasteiger partial charge in [-0.3, -0.25) is 9.59 Å². The topological polar surface area (TPSA) is 52.7 Å². The van der Waals surface area contributed by atoms with E-state index in [1.165, 1.54) is 22.5 Å². The van der Waals surface area contributed by atoms with Crippen LogP contribution in [-0.2, 0) is 17.6 Å². The molecule has 2 aromatic rings. The molecule has 1 aromatic heterocycles. The van der Waals surface area contributed by atoms with Gasteiger partial charge in [0.2, 0.25) is 5.91 Å². The van der Waals surface area contributed by atoms with Crippen molar-refractivity contribution in [3.8, 4) is 12.3 Å². The molecule has 0 spiro atoms. The molecule has 2 aliphatic rings. The summed E-state index contributed by atoms with van der Waals surface area (Å²) in [5, 5.41) is 2.97. The molecule has 5 nitrogen and oxygen atoms in total. The number of nitrogens with one attached hydrogen (secondary N) is 1. The molecule has 1 N–H and O–H groups in total. The summed E-state index contributed by atoms with van der Waals surface area (Å²) in [7, 11) is 2.14. The Morgan fingerprint density at radius 1 is 1.21 bits per heavy atom. The van der Waals surface area contributed by atoms with E-state index in [1.807, 2.05) is 6.07 Å². The fourth-order valence-corrected chi connectivity index (χ4v) is 4.56. The summed E-state index contributed by atoms with van der Waals surface area (Å²) >= 11 is 1.29. The molecule has 0 bridgehead atoms. The van der Waals surface area contributed by atoms with E-state index >= 15 is 0 Å². The molecule has 4 rings (SSSR count). The van der Waals surface area contributed by atoms with E-state index in [9.17, 15) is 9.59 Å². The van der Waals surface area contributed by atoms with Gasteiger partial charge in [0.15, 0.2) is 0 Å². The van der Waals surface area contributed by atoms with Crippen LogP contribution < -0.4 is 10.2 Å². The average molecular weight is 394 g/mol. The maximum atomic E-state index is 12.6. The highest BCUT2D eigenvalue weighted by molar-refractivity contribution is 7.14. The van der Waals surface area contributed by atoms with E-state index in [0.29, 0.717) is 17.8 Å². The quantitative estimate of drug-likeness (QED) is 0.814. The molecule has 0 radical (unpaired) electrons. The fraction of sp³-hybridized carbons (Fsp3) is 0.364. The van der Waals surface area contributed by atoms with Crippen molar-refractivity contribution in [3.05, 3.63) is 51.2 Å². The number of fused-ring (bicyclic) bond motifs is 1. The van der Waals surface area contributed by atoms with Crippen molar-refractivity contribution in [3.63, 3.8) is 0 Å². The Hall–Kier alpha value is -2.62. The van der Waals surface area contributed by atoms with Gasteiger partial charge in [-0.1, -0.05) is 12.0 Å². The second-order valence-electron chi connectivity index (χ2n) is 7.44. The lowest BCUT2D eigenvalue weighted by Gasteiger charge is -2.19. The van der Waals surface area contributed by atoms with Crippen LogP contribution in [0.15, 0.2) is 30.3 Å². The summed E-state index contributed by atoms with van der Waals surface area (Å²) in [6.45, 7) is 2.59. The van der Waals surface area contributed by atoms with Crippen molar-refractivity contribution in [2.45, 2.75) is 25.3 Å². The number of hydrogen-bond donors (Lipinski definition) is 1. The maximum absolute atomic E-state index is 12.6. The van der Waals surface area contributed by atoms with Gasteiger partial charge in [0.1, 0.15) is 0 Å². The summed E-state index contributed by atoms with van der Waals surface area (Å²) < 4.78 is 0. The van der Waals surface area contributed by atoms with Crippen molar-refractivity contribution in [2.75, 3.05) is 31.6 Å². The number of anilines is 1. The predicted octanol–water partition coefficient (Wildman–Crippen LogP) is 2.30. The van der Waals surface area contributed by atoms with Gasteiger partial charge in [0, 0.05) is 31.7 Å². The minimum Gasteiger partial charge on any atom is -0.346 e. The molecule has 2 aliphatic heterocycles. The van der Waals surface area contributed by atoms with Crippen LogP contribution in [0.2, 0.25) is 0 Å². The molecule has 0 aliphatic carbocycles. The first kappa shape index (κ1) is 18.7. The molecule has 1 fully saturated rings. The molecule has 1 saturated heterocycles. The van der Waals surface area contributed by atoms with E-state index in [1.54, 1.807) is 17.0 Å². The Bertz CT molecular complexity index is 959. The van der Waals surface area contributed by atoms with Crippen LogP contribution in [-0.4, -0.2) is 49.4 Å². The number of hydrogen-bond acceptors (Lipinski definition) is 4. The van der Waals surface area contributed by atoms with Crippen LogP contribution in [0.25, 0.3) is 0 Å². The number of benzene rings is 1. The zero-order valence-corrected chi connectivity index (χ0v) is 16.7. The zero-order chi connectivity index (χ0) is 19.7. The Morgan fingerprint density at radius 3 is 2.75 bits per heavy atom. The van der Waals surface area contributed by atoms with Crippen molar-refractivity contribution in [2.24, 2.45) is 0 Å². The number of amides is 2. The second kappa shape index (κ2) is 7.78. The molecule has 3 heterocycles. The second-order valence-corrected chi connectivity index (χ2v) is 8.53. The summed E-state index contributed by atoms with van der Waals surface area (Å²) in [5.41, 5.74) is 3.62. The van der Waals surface area contributed by atoms with Crippen LogP contribution in [0, 0.1) is 12.3 Å². The standard InChI is InChI=1S/C22H23N3O2S/c1-3-19-6-7-20(28-19)22(27)23-17-13-21(26)25(14-17)18-5-4-15-8-10-24(2)11-9-16(15)12-18/h1,4-7,12,17H,8-11,13-14H2,2H3,(H,23,27)/t17-/m1/s1. The maximum Gasteiger partial charge on any atom is 0.261 e. The average Bonchev–Trinajstić information content (AvgIpc) is 3.26. The Morgan fingerprint density at radius 2 is 2.00 bits per heavy atom. The Labute approximate surface area is 169 Å². The van der Waals surface area contributed by atoms with Crippen molar-refractivity contribution >= 4 is 28.8 Å². The summed E-state index contributed by atoms with van der Waals surface area (Å²) in [6.07, 6.45) is 7.73. The van der Waals surface area contributed by atoms with Gasteiger partial charge in [-0.15, -0.1) is 17.8 Å². The van der Waals surface area contributed by atoms with E-state index in [-0.39, 0.29) is 17.9 Å². The first-order valence-corrected chi connectivity index (χ1v) is 10.3. The third-order valence-corrected chi connectivity index (χ3v) is 6.47. The highest BCUT2D eigenvalue weighted by Gasteiger charge is 2.32. The van der Waals surface area contributed by atoms with Crippen LogP contribution in [0.4, 0.5) is 5.69 Å². The number of thiophene rings is 1. The number of rotatable bonds is 3. The smallest absolute Gasteiger partial charge is 0.261 e. The van der Waals surface area contributed by atoms with Gasteiger partial charge in [-0.25, -0.2) is 0 Å². The predicted molar refractivity (Wildman–Crippen MR) is 112 cm³/mol. The lowest BCUT2D eigenvalue weighted by molar-refractivity contribution is -0.117. The highest BCUT2D eigenvalue weighted by atomic mass is 32.1. The van der Waals surface area contributed by atoms with E-state index < -0.39 is 0 Å². The largest absolute Gasteiger partial charge is 0.346 e.